The van der Waals surface area contributed by atoms with E-state index in [0.29, 0.717) is 13.0 Å². The summed E-state index contributed by atoms with van der Waals surface area (Å²) >= 11 is 0. The lowest BCUT2D eigenvalue weighted by Gasteiger charge is -2.32. The first-order chi connectivity index (χ1) is 11.6. The third-order valence-electron chi connectivity index (χ3n) is 4.51. The standard InChI is InChI=1S/C19H20FNO3/c1-24-16-9-7-13(8-10-16)18(14-4-2-5-15(20)12-14)21-11-3-6-17(21)19(22)23/h2,4-5,7-10,12,17-18H,3,6,11H2,1H3,(H,22,23). The fraction of sp³-hybridized carbons (Fsp3) is 0.316. The van der Waals surface area contributed by atoms with Gasteiger partial charge in [0.2, 0.25) is 0 Å². The Morgan fingerprint density at radius 2 is 2.00 bits per heavy atom. The molecule has 24 heavy (non-hydrogen) atoms. The number of aliphatic carboxylic acids is 1. The fourth-order valence-electron chi connectivity index (χ4n) is 3.40. The molecule has 0 saturated carbocycles. The van der Waals surface area contributed by atoms with Gasteiger partial charge in [0.1, 0.15) is 17.6 Å². The van der Waals surface area contributed by atoms with Gasteiger partial charge in [0.25, 0.3) is 0 Å². The van der Waals surface area contributed by atoms with Crippen LogP contribution in [0.2, 0.25) is 0 Å². The average molecular weight is 329 g/mol. The second-order valence-corrected chi connectivity index (χ2v) is 5.96. The van der Waals surface area contributed by atoms with Crippen molar-refractivity contribution < 1.29 is 19.0 Å². The normalized spacial score (nSPS) is 19.2. The van der Waals surface area contributed by atoms with Gasteiger partial charge in [0.05, 0.1) is 13.2 Å². The molecule has 3 rings (SSSR count). The molecular weight excluding hydrogens is 309 g/mol. The van der Waals surface area contributed by atoms with Crippen molar-refractivity contribution in [2.75, 3.05) is 13.7 Å². The van der Waals surface area contributed by atoms with Crippen LogP contribution in [0.3, 0.4) is 0 Å². The number of halogens is 1. The zero-order valence-corrected chi connectivity index (χ0v) is 13.5. The van der Waals surface area contributed by atoms with Gasteiger partial charge >= 0.3 is 5.97 Å². The van der Waals surface area contributed by atoms with E-state index in [1.165, 1.54) is 12.1 Å². The first-order valence-electron chi connectivity index (χ1n) is 7.98. The number of rotatable bonds is 5. The molecule has 1 fully saturated rings. The SMILES string of the molecule is COc1ccc(C(c2cccc(F)c2)N2CCCC2C(=O)O)cc1. The summed E-state index contributed by atoms with van der Waals surface area (Å²) in [6, 6.07) is 13.0. The van der Waals surface area contributed by atoms with E-state index in [2.05, 4.69) is 0 Å². The largest absolute Gasteiger partial charge is 0.497 e. The summed E-state index contributed by atoms with van der Waals surface area (Å²) in [4.78, 5) is 13.6. The van der Waals surface area contributed by atoms with Gasteiger partial charge in [-0.05, 0) is 48.2 Å². The molecule has 0 amide bonds. The number of carboxylic acid groups (broad SMARTS) is 1. The smallest absolute Gasteiger partial charge is 0.320 e. The summed E-state index contributed by atoms with van der Waals surface area (Å²) < 4.78 is 18.9. The monoisotopic (exact) mass is 329 g/mol. The Labute approximate surface area is 140 Å². The van der Waals surface area contributed by atoms with Gasteiger partial charge in [-0.25, -0.2) is 4.39 Å². The molecule has 0 aromatic heterocycles. The number of hydrogen-bond acceptors (Lipinski definition) is 3. The molecule has 2 unspecified atom stereocenters. The van der Waals surface area contributed by atoms with E-state index in [0.717, 1.165) is 23.3 Å². The number of methoxy groups -OCH3 is 1. The van der Waals surface area contributed by atoms with Crippen LogP contribution in [0.15, 0.2) is 48.5 Å². The molecule has 0 bridgehead atoms. The molecule has 1 saturated heterocycles. The van der Waals surface area contributed by atoms with E-state index in [1.807, 2.05) is 35.2 Å². The predicted octanol–water partition coefficient (Wildman–Crippen LogP) is 3.47. The summed E-state index contributed by atoms with van der Waals surface area (Å²) in [5, 5.41) is 9.53. The van der Waals surface area contributed by atoms with E-state index < -0.39 is 12.0 Å². The van der Waals surface area contributed by atoms with Crippen LogP contribution in [0.1, 0.15) is 30.0 Å². The summed E-state index contributed by atoms with van der Waals surface area (Å²) in [6.07, 6.45) is 1.43. The van der Waals surface area contributed by atoms with Crippen LogP contribution in [0.4, 0.5) is 4.39 Å². The number of hydrogen-bond donors (Lipinski definition) is 1. The van der Waals surface area contributed by atoms with Crippen molar-refractivity contribution in [3.05, 3.63) is 65.5 Å². The van der Waals surface area contributed by atoms with E-state index in [9.17, 15) is 14.3 Å². The van der Waals surface area contributed by atoms with Gasteiger partial charge in [0, 0.05) is 6.54 Å². The summed E-state index contributed by atoms with van der Waals surface area (Å²) in [7, 11) is 1.60. The van der Waals surface area contributed by atoms with Crippen molar-refractivity contribution >= 4 is 5.97 Å². The molecule has 1 aliphatic heterocycles. The molecule has 1 heterocycles. The van der Waals surface area contributed by atoms with Crippen molar-refractivity contribution in [3.63, 3.8) is 0 Å². The predicted molar refractivity (Wildman–Crippen MR) is 88.6 cm³/mol. The Kier molecular flexibility index (Phi) is 4.81. The highest BCUT2D eigenvalue weighted by atomic mass is 19.1. The number of carbonyl (C=O) groups is 1. The zero-order valence-electron chi connectivity index (χ0n) is 13.5. The minimum atomic E-state index is -0.831. The zero-order chi connectivity index (χ0) is 17.1. The quantitative estimate of drug-likeness (QED) is 0.912. The highest BCUT2D eigenvalue weighted by Crippen LogP contribution is 2.35. The third kappa shape index (κ3) is 3.26. The molecule has 2 aromatic carbocycles. The fourth-order valence-corrected chi connectivity index (χ4v) is 3.40. The molecule has 5 heteroatoms. The van der Waals surface area contributed by atoms with Crippen molar-refractivity contribution in [2.45, 2.75) is 24.9 Å². The van der Waals surface area contributed by atoms with Crippen LogP contribution in [0.25, 0.3) is 0 Å². The summed E-state index contributed by atoms with van der Waals surface area (Å²) in [6.45, 7) is 0.671. The van der Waals surface area contributed by atoms with Crippen molar-refractivity contribution in [3.8, 4) is 5.75 Å². The van der Waals surface area contributed by atoms with Gasteiger partial charge in [-0.2, -0.15) is 0 Å². The molecule has 0 aliphatic carbocycles. The van der Waals surface area contributed by atoms with Gasteiger partial charge in [0.15, 0.2) is 0 Å². The Morgan fingerprint density at radius 3 is 2.62 bits per heavy atom. The lowest BCUT2D eigenvalue weighted by atomic mass is 9.96. The second-order valence-electron chi connectivity index (χ2n) is 5.96. The molecule has 4 nitrogen and oxygen atoms in total. The van der Waals surface area contributed by atoms with Gasteiger partial charge in [-0.3, -0.25) is 9.69 Å². The maximum absolute atomic E-state index is 13.7. The van der Waals surface area contributed by atoms with Gasteiger partial charge in [-0.1, -0.05) is 24.3 Å². The number of likely N-dealkylation sites (tertiary alicyclic amines) is 1. The Morgan fingerprint density at radius 1 is 1.25 bits per heavy atom. The molecule has 1 aliphatic rings. The molecule has 126 valence electrons. The third-order valence-corrected chi connectivity index (χ3v) is 4.51. The molecule has 2 aromatic rings. The van der Waals surface area contributed by atoms with Crippen molar-refractivity contribution in [1.29, 1.82) is 0 Å². The van der Waals surface area contributed by atoms with Crippen LogP contribution in [-0.4, -0.2) is 35.7 Å². The Hall–Kier alpha value is -2.40. The maximum atomic E-state index is 13.7. The number of carboxylic acids is 1. The van der Waals surface area contributed by atoms with Crippen molar-refractivity contribution in [1.82, 2.24) is 4.90 Å². The Balaban J connectivity index is 2.04. The number of nitrogens with zero attached hydrogens (tertiary/aromatic N) is 1. The van der Waals surface area contributed by atoms with Crippen LogP contribution < -0.4 is 4.74 Å². The minimum absolute atomic E-state index is 0.296. The first kappa shape index (κ1) is 16.5. The number of ether oxygens (including phenoxy) is 1. The van der Waals surface area contributed by atoms with Gasteiger partial charge in [-0.15, -0.1) is 0 Å². The highest BCUT2D eigenvalue weighted by molar-refractivity contribution is 5.74. The van der Waals surface area contributed by atoms with E-state index in [4.69, 9.17) is 4.74 Å². The Bertz CT molecular complexity index is 717. The highest BCUT2D eigenvalue weighted by Gasteiger charge is 2.36. The van der Waals surface area contributed by atoms with Crippen molar-refractivity contribution in [2.24, 2.45) is 0 Å². The minimum Gasteiger partial charge on any atom is -0.497 e. The summed E-state index contributed by atoms with van der Waals surface area (Å²) in [5.41, 5.74) is 1.68. The summed E-state index contributed by atoms with van der Waals surface area (Å²) in [5.74, 6) is -0.424. The average Bonchev–Trinajstić information content (AvgIpc) is 3.05. The van der Waals surface area contributed by atoms with E-state index in [1.54, 1.807) is 13.2 Å². The molecule has 0 spiro atoms. The lowest BCUT2D eigenvalue weighted by Crippen LogP contribution is -2.39. The first-order valence-corrected chi connectivity index (χ1v) is 7.98. The second kappa shape index (κ2) is 7.01. The van der Waals surface area contributed by atoms with Crippen LogP contribution >= 0.6 is 0 Å². The lowest BCUT2D eigenvalue weighted by molar-refractivity contribution is -0.142. The molecule has 1 N–H and O–H groups in total. The number of benzene rings is 2. The van der Waals surface area contributed by atoms with Crippen LogP contribution in [-0.2, 0) is 4.79 Å². The van der Waals surface area contributed by atoms with E-state index >= 15 is 0 Å². The van der Waals surface area contributed by atoms with Crippen LogP contribution in [0.5, 0.6) is 5.75 Å². The topological polar surface area (TPSA) is 49.8 Å². The van der Waals surface area contributed by atoms with Crippen LogP contribution in [0, 0.1) is 5.82 Å². The molecule has 2 atom stereocenters. The van der Waals surface area contributed by atoms with E-state index in [-0.39, 0.29) is 11.9 Å². The maximum Gasteiger partial charge on any atom is 0.320 e. The molecular formula is C19H20FNO3. The molecule has 0 radical (unpaired) electrons. The van der Waals surface area contributed by atoms with Gasteiger partial charge < -0.3 is 9.84 Å².